The number of hydrogen-bond donors (Lipinski definition) is 2. The highest BCUT2D eigenvalue weighted by atomic mass is 19.3. The first-order valence-electron chi connectivity index (χ1n) is 11.8. The van der Waals surface area contributed by atoms with Crippen LogP contribution < -0.4 is 11.1 Å². The predicted octanol–water partition coefficient (Wildman–Crippen LogP) is 3.97. The second-order valence-corrected chi connectivity index (χ2v) is 9.92. The van der Waals surface area contributed by atoms with Crippen LogP contribution in [0, 0.1) is 24.0 Å². The van der Waals surface area contributed by atoms with E-state index in [1.54, 1.807) is 44.2 Å². The lowest BCUT2D eigenvalue weighted by atomic mass is 9.77. The highest BCUT2D eigenvalue weighted by molar-refractivity contribution is 5.93. The van der Waals surface area contributed by atoms with Crippen molar-refractivity contribution < 1.29 is 27.2 Å². The Labute approximate surface area is 208 Å². The second-order valence-electron chi connectivity index (χ2n) is 9.92. The number of nitrogens with two attached hydrogens (primary N) is 1. The zero-order valence-corrected chi connectivity index (χ0v) is 20.9. The van der Waals surface area contributed by atoms with E-state index in [2.05, 4.69) is 10.3 Å². The van der Waals surface area contributed by atoms with Gasteiger partial charge in [-0.25, -0.2) is 17.6 Å². The molecule has 10 heteroatoms. The normalized spacial score (nSPS) is 16.5. The van der Waals surface area contributed by atoms with Crippen LogP contribution in [-0.2, 0) is 11.2 Å². The Morgan fingerprint density at radius 1 is 1.17 bits per heavy atom. The summed E-state index contributed by atoms with van der Waals surface area (Å²) in [5, 5.41) is 2.77. The van der Waals surface area contributed by atoms with E-state index in [0.717, 1.165) is 18.7 Å². The first-order valence-corrected chi connectivity index (χ1v) is 11.8. The van der Waals surface area contributed by atoms with Crippen LogP contribution in [-0.4, -0.2) is 54.3 Å². The first kappa shape index (κ1) is 27.6. The number of likely N-dealkylation sites (N-methyl/N-ethyl adjacent to an activating group) is 1. The van der Waals surface area contributed by atoms with E-state index >= 15 is 0 Å². The largest absolute Gasteiger partial charge is 0.366 e. The standard InChI is InChI=1S/C26H32F4N4O2/c1-15-5-6-17(13-32-15)20(26(9-10-26)25(2,29)30)12-21(35)33-14-18(34(3)4)11-16-7-8-19(24(31)36)23(28)22(16)27/h5-8,13,18,20H,9-12,14H2,1-4H3,(H2,31,36)(H,33,35)/t18-,20-/m0/s1. The number of nitrogens with zero attached hydrogens (tertiary/aromatic N) is 2. The van der Waals surface area contributed by atoms with Gasteiger partial charge in [0.05, 0.1) is 5.56 Å². The van der Waals surface area contributed by atoms with Crippen molar-refractivity contribution >= 4 is 11.8 Å². The number of aromatic nitrogens is 1. The molecule has 1 aliphatic carbocycles. The molecular formula is C26H32F4N4O2. The van der Waals surface area contributed by atoms with Crippen molar-refractivity contribution in [2.45, 2.75) is 57.4 Å². The van der Waals surface area contributed by atoms with E-state index < -0.39 is 52.3 Å². The van der Waals surface area contributed by atoms with Crippen LogP contribution in [0.1, 0.15) is 59.3 Å². The van der Waals surface area contributed by atoms with Crippen molar-refractivity contribution in [3.05, 3.63) is 64.5 Å². The van der Waals surface area contributed by atoms with E-state index in [-0.39, 0.29) is 24.9 Å². The van der Waals surface area contributed by atoms with Crippen LogP contribution in [0.2, 0.25) is 0 Å². The molecule has 1 aromatic heterocycles. The number of carbonyl (C=O) groups is 2. The van der Waals surface area contributed by atoms with E-state index in [4.69, 9.17) is 5.73 Å². The molecule has 36 heavy (non-hydrogen) atoms. The van der Waals surface area contributed by atoms with Gasteiger partial charge in [0.15, 0.2) is 11.6 Å². The molecule has 1 aliphatic rings. The minimum absolute atomic E-state index is 0.0246. The molecule has 1 saturated carbocycles. The number of amides is 2. The molecule has 3 rings (SSSR count). The SMILES string of the molecule is Cc1ccc([C@H](CC(=O)NC[C@H](Cc2ccc(C(N)=O)c(F)c2F)N(C)C)C2(C(C)(F)F)CC2)cn1. The summed E-state index contributed by atoms with van der Waals surface area (Å²) in [6.45, 7) is 2.77. The number of benzene rings is 1. The molecule has 0 saturated heterocycles. The third-order valence-corrected chi connectivity index (χ3v) is 7.20. The van der Waals surface area contributed by atoms with Crippen LogP contribution in [0.25, 0.3) is 0 Å². The number of pyridine rings is 1. The van der Waals surface area contributed by atoms with Gasteiger partial charge in [-0.15, -0.1) is 0 Å². The second kappa shape index (κ2) is 10.5. The Kier molecular flexibility index (Phi) is 8.07. The summed E-state index contributed by atoms with van der Waals surface area (Å²) < 4.78 is 57.9. The van der Waals surface area contributed by atoms with Gasteiger partial charge in [0.2, 0.25) is 5.91 Å². The fourth-order valence-electron chi connectivity index (χ4n) is 4.66. The third-order valence-electron chi connectivity index (χ3n) is 7.20. The Balaban J connectivity index is 1.73. The zero-order chi connectivity index (χ0) is 26.8. The molecule has 0 bridgehead atoms. The summed E-state index contributed by atoms with van der Waals surface area (Å²) in [4.78, 5) is 30.1. The molecule has 0 radical (unpaired) electrons. The first-order chi connectivity index (χ1) is 16.8. The molecule has 2 atom stereocenters. The summed E-state index contributed by atoms with van der Waals surface area (Å²) in [7, 11) is 3.45. The summed E-state index contributed by atoms with van der Waals surface area (Å²) in [5.74, 6) is -7.65. The van der Waals surface area contributed by atoms with Crippen molar-refractivity contribution in [2.24, 2.45) is 11.1 Å². The lowest BCUT2D eigenvalue weighted by Gasteiger charge is -2.32. The Morgan fingerprint density at radius 3 is 2.33 bits per heavy atom. The van der Waals surface area contributed by atoms with Gasteiger partial charge in [0, 0.05) is 42.2 Å². The van der Waals surface area contributed by atoms with Gasteiger partial charge < -0.3 is 16.0 Å². The van der Waals surface area contributed by atoms with Gasteiger partial charge in [-0.05, 0) is 70.5 Å². The van der Waals surface area contributed by atoms with E-state index in [1.165, 1.54) is 6.07 Å². The Morgan fingerprint density at radius 2 is 1.83 bits per heavy atom. The van der Waals surface area contributed by atoms with E-state index in [0.29, 0.717) is 18.4 Å². The number of aryl methyl sites for hydroxylation is 1. The Hall–Kier alpha value is -3.01. The van der Waals surface area contributed by atoms with Crippen LogP contribution >= 0.6 is 0 Å². The topological polar surface area (TPSA) is 88.3 Å². The number of carbonyl (C=O) groups excluding carboxylic acids is 2. The van der Waals surface area contributed by atoms with E-state index in [9.17, 15) is 27.2 Å². The maximum atomic E-state index is 14.6. The van der Waals surface area contributed by atoms with Crippen molar-refractivity contribution in [2.75, 3.05) is 20.6 Å². The number of primary amides is 1. The molecule has 0 unspecified atom stereocenters. The highest BCUT2D eigenvalue weighted by Gasteiger charge is 2.63. The van der Waals surface area contributed by atoms with Gasteiger partial charge in [0.1, 0.15) is 0 Å². The van der Waals surface area contributed by atoms with Crippen LogP contribution in [0.3, 0.4) is 0 Å². The summed E-state index contributed by atoms with van der Waals surface area (Å²) in [6, 6.07) is 5.47. The summed E-state index contributed by atoms with van der Waals surface area (Å²) in [5.41, 5.74) is 4.58. The smallest absolute Gasteiger partial charge is 0.251 e. The molecule has 196 valence electrons. The lowest BCUT2D eigenvalue weighted by Crippen LogP contribution is -2.43. The maximum Gasteiger partial charge on any atom is 0.251 e. The van der Waals surface area contributed by atoms with Crippen molar-refractivity contribution in [1.29, 1.82) is 0 Å². The average molecular weight is 509 g/mol. The highest BCUT2D eigenvalue weighted by Crippen LogP contribution is 2.65. The van der Waals surface area contributed by atoms with Gasteiger partial charge >= 0.3 is 0 Å². The molecule has 3 N–H and O–H groups in total. The maximum absolute atomic E-state index is 14.6. The number of halogens is 4. The third kappa shape index (κ3) is 5.86. The minimum Gasteiger partial charge on any atom is -0.366 e. The molecule has 1 fully saturated rings. The quantitative estimate of drug-likeness (QED) is 0.450. The molecule has 1 heterocycles. The van der Waals surface area contributed by atoms with Crippen LogP contribution in [0.4, 0.5) is 17.6 Å². The number of rotatable bonds is 11. The van der Waals surface area contributed by atoms with E-state index in [1.807, 2.05) is 0 Å². The monoisotopic (exact) mass is 508 g/mol. The molecule has 0 aliphatic heterocycles. The fraction of sp³-hybridized carbons (Fsp3) is 0.500. The van der Waals surface area contributed by atoms with Gasteiger partial charge in [-0.3, -0.25) is 14.6 Å². The molecule has 1 aromatic carbocycles. The zero-order valence-electron chi connectivity index (χ0n) is 20.9. The van der Waals surface area contributed by atoms with Crippen molar-refractivity contribution in [1.82, 2.24) is 15.2 Å². The molecule has 2 aromatic rings. The molecular weight excluding hydrogens is 476 g/mol. The number of hydrogen-bond acceptors (Lipinski definition) is 4. The van der Waals surface area contributed by atoms with Gasteiger partial charge in [-0.2, -0.15) is 0 Å². The lowest BCUT2D eigenvalue weighted by molar-refractivity contribution is -0.123. The predicted molar refractivity (Wildman–Crippen MR) is 128 cm³/mol. The Bertz CT molecular complexity index is 1110. The number of nitrogens with one attached hydrogen (secondary N) is 1. The summed E-state index contributed by atoms with van der Waals surface area (Å²) in [6.07, 6.45) is 2.07. The summed E-state index contributed by atoms with van der Waals surface area (Å²) >= 11 is 0. The van der Waals surface area contributed by atoms with Crippen LogP contribution in [0.15, 0.2) is 30.5 Å². The molecule has 0 spiro atoms. The van der Waals surface area contributed by atoms with Crippen LogP contribution in [0.5, 0.6) is 0 Å². The molecule has 6 nitrogen and oxygen atoms in total. The van der Waals surface area contributed by atoms with Crippen molar-refractivity contribution in [3.63, 3.8) is 0 Å². The minimum atomic E-state index is -2.96. The van der Waals surface area contributed by atoms with Crippen molar-refractivity contribution in [3.8, 4) is 0 Å². The average Bonchev–Trinajstić information content (AvgIpc) is 3.60. The fourth-order valence-corrected chi connectivity index (χ4v) is 4.66. The van der Waals surface area contributed by atoms with Gasteiger partial charge in [0.25, 0.3) is 11.8 Å². The number of alkyl halides is 2. The molecule has 2 amide bonds. The van der Waals surface area contributed by atoms with Gasteiger partial charge in [-0.1, -0.05) is 12.1 Å².